The zero-order valence-electron chi connectivity index (χ0n) is 22.1. The van der Waals surface area contributed by atoms with Crippen LogP contribution in [0.3, 0.4) is 0 Å². The van der Waals surface area contributed by atoms with E-state index in [9.17, 15) is 24.3 Å². The molecule has 3 aromatic rings. The number of hydrogen-bond acceptors (Lipinski definition) is 10. The molecular weight excluding hydrogens is 510 g/mol. The largest absolute Gasteiger partial charge is 0.505 e. The van der Waals surface area contributed by atoms with Crippen molar-refractivity contribution in [1.29, 1.82) is 0 Å². The molecule has 0 radical (unpaired) electrons. The Morgan fingerprint density at radius 3 is 2.50 bits per heavy atom. The quantitative estimate of drug-likeness (QED) is 0.207. The molecule has 1 aliphatic rings. The van der Waals surface area contributed by atoms with Crippen LogP contribution in [-0.2, 0) is 9.53 Å². The summed E-state index contributed by atoms with van der Waals surface area (Å²) in [5.41, 5.74) is -1.30. The lowest BCUT2D eigenvalue weighted by molar-refractivity contribution is -0.141. The summed E-state index contributed by atoms with van der Waals surface area (Å²) in [6.45, 7) is 5.54. The van der Waals surface area contributed by atoms with E-state index in [0.717, 1.165) is 29.3 Å². The van der Waals surface area contributed by atoms with Crippen LogP contribution in [0.2, 0.25) is 0 Å². The zero-order chi connectivity index (χ0) is 28.0. The highest BCUT2D eigenvalue weighted by Crippen LogP contribution is 2.40. The second-order valence-corrected chi connectivity index (χ2v) is 9.94. The van der Waals surface area contributed by atoms with Crippen LogP contribution in [-0.4, -0.2) is 53.6 Å². The number of ether oxygens (including phenoxy) is 1. The molecule has 4 rings (SSSR count). The highest BCUT2D eigenvalue weighted by atomic mass is 32.2. The number of phenols is 1. The van der Waals surface area contributed by atoms with Crippen LogP contribution >= 0.6 is 11.8 Å². The number of anilines is 3. The van der Waals surface area contributed by atoms with E-state index in [1.807, 2.05) is 32.9 Å². The molecule has 38 heavy (non-hydrogen) atoms. The first-order valence-corrected chi connectivity index (χ1v) is 13.4. The third-order valence-corrected chi connectivity index (χ3v) is 7.54. The average molecular weight is 544 g/mol. The van der Waals surface area contributed by atoms with Gasteiger partial charge in [-0.15, -0.1) is 0 Å². The molecule has 1 aliphatic heterocycles. The van der Waals surface area contributed by atoms with Crippen molar-refractivity contribution in [3.63, 3.8) is 0 Å². The number of carbonyl (C=O) groups excluding carboxylic acids is 2. The van der Waals surface area contributed by atoms with Gasteiger partial charge in [0, 0.05) is 12.3 Å². The number of aromatic hydroxyl groups is 1. The molecule has 0 saturated carbocycles. The highest BCUT2D eigenvalue weighted by Gasteiger charge is 2.33. The van der Waals surface area contributed by atoms with Gasteiger partial charge >= 0.3 is 5.97 Å². The Balaban J connectivity index is 0.00000195. The van der Waals surface area contributed by atoms with E-state index in [-0.39, 0.29) is 40.5 Å². The summed E-state index contributed by atoms with van der Waals surface area (Å²) < 4.78 is 10.4. The van der Waals surface area contributed by atoms with Gasteiger partial charge in [0.15, 0.2) is 5.75 Å². The minimum absolute atomic E-state index is 0.000843. The fourth-order valence-corrected chi connectivity index (χ4v) is 5.49. The summed E-state index contributed by atoms with van der Waals surface area (Å²) >= 11 is 1.78. The first-order chi connectivity index (χ1) is 18.2. The number of likely N-dealkylation sites (N-methyl/N-ethyl adjacent to an activating group) is 1. The molecule has 1 amide bonds. The van der Waals surface area contributed by atoms with Crippen molar-refractivity contribution in [3.8, 4) is 5.75 Å². The Bertz CT molecular complexity index is 1350. The van der Waals surface area contributed by atoms with Crippen molar-refractivity contribution in [2.45, 2.75) is 44.9 Å². The predicted octanol–water partition coefficient (Wildman–Crippen LogP) is 3.95. The van der Waals surface area contributed by atoms with Crippen LogP contribution in [0.4, 0.5) is 17.1 Å². The fraction of sp³-hybridized carbons (Fsp3) is 0.407. The van der Waals surface area contributed by atoms with Gasteiger partial charge in [0.2, 0.25) is 0 Å². The first kappa shape index (κ1) is 28.8. The lowest BCUT2D eigenvalue weighted by atomic mass is 10.0. The second kappa shape index (κ2) is 12.7. The minimum Gasteiger partial charge on any atom is -0.505 e. The smallest absolute Gasteiger partial charge is 0.325 e. The third kappa shape index (κ3) is 6.04. The molecule has 0 spiro atoms. The van der Waals surface area contributed by atoms with Gasteiger partial charge in [-0.1, -0.05) is 19.9 Å². The lowest BCUT2D eigenvalue weighted by Crippen LogP contribution is -2.38. The average Bonchev–Trinajstić information content (AvgIpc) is 3.61. The molecule has 1 fully saturated rings. The maximum atomic E-state index is 12.7. The summed E-state index contributed by atoms with van der Waals surface area (Å²) in [4.78, 5) is 50.3. The number of benzene rings is 1. The standard InChI is InChI=1S/C25H27N3O7S.C2H6/c1-13-9-10-16(35-13)19(17-8-5-11-36-17)27-21-20(23(31)24(21)32)26-15-7-4-6-14(22(15)30)25(33)28(2)12-18(29)34-3;1-2/h4,6-7,9-10,17,19,26-27,30H,5,8,11-12H2,1-3H3;1-2H3. The number of hydrogen-bond donors (Lipinski definition) is 3. The van der Waals surface area contributed by atoms with E-state index in [2.05, 4.69) is 15.4 Å². The van der Waals surface area contributed by atoms with Crippen LogP contribution in [0.1, 0.15) is 54.6 Å². The van der Waals surface area contributed by atoms with Crippen molar-refractivity contribution in [3.05, 3.63) is 67.9 Å². The van der Waals surface area contributed by atoms with Crippen molar-refractivity contribution >= 4 is 40.7 Å². The number of rotatable bonds is 9. The van der Waals surface area contributed by atoms with Crippen LogP contribution in [0.5, 0.6) is 5.75 Å². The fourth-order valence-electron chi connectivity index (χ4n) is 4.12. The summed E-state index contributed by atoms with van der Waals surface area (Å²) in [5, 5.41) is 16.9. The maximum Gasteiger partial charge on any atom is 0.325 e. The van der Waals surface area contributed by atoms with E-state index >= 15 is 0 Å². The van der Waals surface area contributed by atoms with E-state index in [4.69, 9.17) is 4.42 Å². The lowest BCUT2D eigenvalue weighted by Gasteiger charge is -2.25. The molecule has 10 nitrogen and oxygen atoms in total. The Hall–Kier alpha value is -3.73. The maximum absolute atomic E-state index is 12.7. The van der Waals surface area contributed by atoms with Crippen molar-refractivity contribution in [1.82, 2.24) is 4.90 Å². The number of phenolic OH excluding ortho intramolecular Hbond substituents is 1. The van der Waals surface area contributed by atoms with Crippen LogP contribution in [0.25, 0.3) is 0 Å². The molecule has 0 bridgehead atoms. The van der Waals surface area contributed by atoms with E-state index in [1.165, 1.54) is 32.4 Å². The Morgan fingerprint density at radius 2 is 1.89 bits per heavy atom. The Morgan fingerprint density at radius 1 is 1.18 bits per heavy atom. The number of carbonyl (C=O) groups is 2. The number of nitrogens with one attached hydrogen (secondary N) is 2. The predicted molar refractivity (Wildman–Crippen MR) is 148 cm³/mol. The monoisotopic (exact) mass is 543 g/mol. The number of amides is 1. The molecule has 2 atom stereocenters. The van der Waals surface area contributed by atoms with Gasteiger partial charge in [-0.2, -0.15) is 11.8 Å². The third-order valence-electron chi connectivity index (χ3n) is 6.08. The van der Waals surface area contributed by atoms with Gasteiger partial charge in [-0.05, 0) is 49.8 Å². The normalized spacial score (nSPS) is 15.3. The van der Waals surface area contributed by atoms with Gasteiger partial charge in [0.05, 0.1) is 24.4 Å². The Labute approximate surface area is 225 Å². The van der Waals surface area contributed by atoms with Crippen molar-refractivity contribution in [2.75, 3.05) is 37.1 Å². The molecule has 1 saturated heterocycles. The van der Waals surface area contributed by atoms with E-state index in [1.54, 1.807) is 11.8 Å². The van der Waals surface area contributed by atoms with E-state index in [0.29, 0.717) is 5.76 Å². The molecule has 2 aromatic carbocycles. The van der Waals surface area contributed by atoms with Gasteiger partial charge in [0.1, 0.15) is 29.4 Å². The molecular formula is C27H33N3O7S. The van der Waals surface area contributed by atoms with Crippen molar-refractivity contribution < 1.29 is 23.8 Å². The molecule has 204 valence electrons. The first-order valence-electron chi connectivity index (χ1n) is 12.4. The topological polar surface area (TPSA) is 138 Å². The molecule has 1 aromatic heterocycles. The van der Waals surface area contributed by atoms with Crippen LogP contribution in [0.15, 0.2) is 44.3 Å². The number of furan rings is 1. The Kier molecular flexibility index (Phi) is 9.62. The number of thioether (sulfide) groups is 1. The van der Waals surface area contributed by atoms with Crippen molar-refractivity contribution in [2.24, 2.45) is 0 Å². The zero-order valence-corrected chi connectivity index (χ0v) is 22.9. The summed E-state index contributed by atoms with van der Waals surface area (Å²) in [6.07, 6.45) is 1.98. The molecule has 3 N–H and O–H groups in total. The van der Waals surface area contributed by atoms with Crippen LogP contribution < -0.4 is 21.5 Å². The molecule has 11 heteroatoms. The SMILES string of the molecule is CC.COC(=O)CN(C)C(=O)c1cccc(Nc2c(NC(c3ccc(C)o3)C3CCCS3)c(=O)c2=O)c1O. The summed E-state index contributed by atoms with van der Waals surface area (Å²) in [6, 6.07) is 7.78. The second-order valence-electron chi connectivity index (χ2n) is 8.59. The van der Waals surface area contributed by atoms with Gasteiger partial charge < -0.3 is 29.8 Å². The van der Waals surface area contributed by atoms with Gasteiger partial charge in [-0.25, -0.2) is 0 Å². The highest BCUT2D eigenvalue weighted by molar-refractivity contribution is 8.00. The summed E-state index contributed by atoms with van der Waals surface area (Å²) in [5.74, 6) is 0.778. The van der Waals surface area contributed by atoms with Gasteiger partial charge in [-0.3, -0.25) is 19.2 Å². The number of para-hydroxylation sites is 1. The number of aryl methyl sites for hydroxylation is 1. The number of esters is 1. The summed E-state index contributed by atoms with van der Waals surface area (Å²) in [7, 11) is 2.61. The molecule has 2 heterocycles. The number of nitrogens with zero attached hydrogens (tertiary/aromatic N) is 1. The molecule has 0 aliphatic carbocycles. The van der Waals surface area contributed by atoms with Crippen LogP contribution in [0, 0.1) is 6.92 Å². The minimum atomic E-state index is -0.732. The van der Waals surface area contributed by atoms with Gasteiger partial charge in [0.25, 0.3) is 16.8 Å². The number of methoxy groups -OCH3 is 1. The van der Waals surface area contributed by atoms with E-state index < -0.39 is 28.5 Å². The molecule has 2 unspecified atom stereocenters.